The van der Waals surface area contributed by atoms with E-state index in [1.165, 1.54) is 58.0 Å². The van der Waals surface area contributed by atoms with E-state index < -0.39 is 0 Å². The zero-order chi connectivity index (χ0) is 12.7. The summed E-state index contributed by atoms with van der Waals surface area (Å²) in [6.07, 6.45) is 9.38. The first kappa shape index (κ1) is 15.0. The van der Waals surface area contributed by atoms with Crippen LogP contribution in [0.25, 0.3) is 0 Å². The summed E-state index contributed by atoms with van der Waals surface area (Å²) in [7, 11) is 0. The van der Waals surface area contributed by atoms with Gasteiger partial charge in [-0.1, -0.05) is 46.5 Å². The molecule has 0 spiro atoms. The minimum atomic E-state index is 0.642. The molecule has 0 bridgehead atoms. The normalized spacial score (nSPS) is 21.2. The fourth-order valence-electron chi connectivity index (χ4n) is 3.46. The van der Waals surface area contributed by atoms with Gasteiger partial charge in [-0.2, -0.15) is 0 Å². The van der Waals surface area contributed by atoms with Crippen molar-refractivity contribution in [2.24, 2.45) is 11.1 Å². The second-order valence-electron chi connectivity index (χ2n) is 5.94. The lowest BCUT2D eigenvalue weighted by Crippen LogP contribution is -2.61. The van der Waals surface area contributed by atoms with Gasteiger partial charge in [0.15, 0.2) is 0 Å². The molecular formula is C15H32N2. The van der Waals surface area contributed by atoms with Crippen LogP contribution >= 0.6 is 0 Å². The van der Waals surface area contributed by atoms with Crippen LogP contribution in [0.1, 0.15) is 65.7 Å². The smallest absolute Gasteiger partial charge is 0.0218 e. The molecule has 1 atom stereocenters. The molecule has 1 aliphatic rings. The van der Waals surface area contributed by atoms with E-state index in [0.29, 0.717) is 11.5 Å². The van der Waals surface area contributed by atoms with E-state index in [2.05, 4.69) is 25.7 Å². The summed E-state index contributed by atoms with van der Waals surface area (Å²) in [5, 5.41) is 0. The van der Waals surface area contributed by atoms with Gasteiger partial charge in [0.05, 0.1) is 0 Å². The highest BCUT2D eigenvalue weighted by atomic mass is 15.2. The molecule has 0 amide bonds. The minimum absolute atomic E-state index is 0.642. The van der Waals surface area contributed by atoms with E-state index in [4.69, 9.17) is 5.73 Å². The van der Waals surface area contributed by atoms with E-state index in [1.54, 1.807) is 0 Å². The molecule has 2 nitrogen and oxygen atoms in total. The molecule has 0 aromatic carbocycles. The van der Waals surface area contributed by atoms with Crippen molar-refractivity contribution in [3.05, 3.63) is 0 Å². The van der Waals surface area contributed by atoms with Gasteiger partial charge < -0.3 is 5.73 Å². The second-order valence-corrected chi connectivity index (χ2v) is 5.94. The van der Waals surface area contributed by atoms with Crippen LogP contribution in [0.5, 0.6) is 0 Å². The Labute approximate surface area is 108 Å². The van der Waals surface area contributed by atoms with Crippen molar-refractivity contribution in [3.8, 4) is 0 Å². The molecule has 17 heavy (non-hydrogen) atoms. The molecule has 1 heterocycles. The molecule has 1 rings (SSSR count). The van der Waals surface area contributed by atoms with E-state index >= 15 is 0 Å². The highest BCUT2D eigenvalue weighted by Gasteiger charge is 2.43. The molecule has 1 aliphatic heterocycles. The van der Waals surface area contributed by atoms with Crippen LogP contribution < -0.4 is 5.73 Å². The maximum atomic E-state index is 5.92. The van der Waals surface area contributed by atoms with Gasteiger partial charge in [-0.15, -0.1) is 0 Å². The maximum Gasteiger partial charge on any atom is 0.0218 e. The van der Waals surface area contributed by atoms with Crippen molar-refractivity contribution in [1.29, 1.82) is 0 Å². The van der Waals surface area contributed by atoms with Crippen molar-refractivity contribution in [2.75, 3.05) is 19.6 Å². The SMILES string of the molecule is CCCCC(CN)N1CC(CCC)(CCC)C1. The quantitative estimate of drug-likeness (QED) is 0.669. The van der Waals surface area contributed by atoms with Crippen molar-refractivity contribution >= 4 is 0 Å². The van der Waals surface area contributed by atoms with Gasteiger partial charge in [0, 0.05) is 25.7 Å². The van der Waals surface area contributed by atoms with Crippen LogP contribution in [0.2, 0.25) is 0 Å². The van der Waals surface area contributed by atoms with Crippen molar-refractivity contribution in [2.45, 2.75) is 71.8 Å². The number of nitrogens with two attached hydrogens (primary N) is 1. The second kappa shape index (κ2) is 7.38. The van der Waals surface area contributed by atoms with Crippen LogP contribution in [-0.2, 0) is 0 Å². The lowest BCUT2D eigenvalue weighted by molar-refractivity contribution is -0.0440. The molecule has 2 heteroatoms. The molecular weight excluding hydrogens is 208 g/mol. The third-order valence-electron chi connectivity index (χ3n) is 4.32. The largest absolute Gasteiger partial charge is 0.329 e. The summed E-state index contributed by atoms with van der Waals surface area (Å²) < 4.78 is 0. The average Bonchev–Trinajstić information content (AvgIpc) is 2.28. The predicted molar refractivity (Wildman–Crippen MR) is 76.2 cm³/mol. The highest BCUT2D eigenvalue weighted by molar-refractivity contribution is 4.97. The molecule has 1 fully saturated rings. The number of unbranched alkanes of at least 4 members (excludes halogenated alkanes) is 1. The number of rotatable bonds is 9. The van der Waals surface area contributed by atoms with E-state index in [9.17, 15) is 0 Å². The Balaban J connectivity index is 2.39. The molecule has 102 valence electrons. The van der Waals surface area contributed by atoms with E-state index in [-0.39, 0.29) is 0 Å². The van der Waals surface area contributed by atoms with Crippen LogP contribution in [0, 0.1) is 5.41 Å². The fourth-order valence-corrected chi connectivity index (χ4v) is 3.46. The Morgan fingerprint density at radius 2 is 1.65 bits per heavy atom. The monoisotopic (exact) mass is 240 g/mol. The standard InChI is InChI=1S/C15H32N2/c1-4-7-8-14(11-16)17-12-15(13-17,9-5-2)10-6-3/h14H,4-13,16H2,1-3H3. The summed E-state index contributed by atoms with van der Waals surface area (Å²) in [4.78, 5) is 2.64. The first-order valence-electron chi connectivity index (χ1n) is 7.65. The van der Waals surface area contributed by atoms with Gasteiger partial charge in [-0.3, -0.25) is 4.90 Å². The Kier molecular flexibility index (Phi) is 6.50. The van der Waals surface area contributed by atoms with Gasteiger partial charge in [-0.25, -0.2) is 0 Å². The van der Waals surface area contributed by atoms with Gasteiger partial charge in [0.1, 0.15) is 0 Å². The summed E-state index contributed by atoms with van der Waals surface area (Å²) in [6.45, 7) is 10.4. The molecule has 0 radical (unpaired) electrons. The molecule has 2 N–H and O–H groups in total. The van der Waals surface area contributed by atoms with Gasteiger partial charge in [-0.05, 0) is 24.7 Å². The van der Waals surface area contributed by atoms with Crippen LogP contribution in [-0.4, -0.2) is 30.6 Å². The number of nitrogens with zero attached hydrogens (tertiary/aromatic N) is 1. The Morgan fingerprint density at radius 1 is 1.06 bits per heavy atom. The highest BCUT2D eigenvalue weighted by Crippen LogP contribution is 2.40. The Morgan fingerprint density at radius 3 is 2.06 bits per heavy atom. The maximum absolute atomic E-state index is 5.92. The van der Waals surface area contributed by atoms with Crippen molar-refractivity contribution < 1.29 is 0 Å². The summed E-state index contributed by atoms with van der Waals surface area (Å²) >= 11 is 0. The van der Waals surface area contributed by atoms with Gasteiger partial charge >= 0.3 is 0 Å². The van der Waals surface area contributed by atoms with Gasteiger partial charge in [0.25, 0.3) is 0 Å². The van der Waals surface area contributed by atoms with Crippen molar-refractivity contribution in [1.82, 2.24) is 4.90 Å². The van der Waals surface area contributed by atoms with E-state index in [1.807, 2.05) is 0 Å². The van der Waals surface area contributed by atoms with Crippen LogP contribution in [0.4, 0.5) is 0 Å². The summed E-state index contributed by atoms with van der Waals surface area (Å²) in [6, 6.07) is 0.650. The lowest BCUT2D eigenvalue weighted by Gasteiger charge is -2.54. The lowest BCUT2D eigenvalue weighted by atomic mass is 9.72. The topological polar surface area (TPSA) is 29.3 Å². The molecule has 0 aromatic rings. The number of likely N-dealkylation sites (tertiary alicyclic amines) is 1. The van der Waals surface area contributed by atoms with Gasteiger partial charge in [0.2, 0.25) is 0 Å². The molecule has 0 aromatic heterocycles. The third-order valence-corrected chi connectivity index (χ3v) is 4.32. The first-order valence-corrected chi connectivity index (χ1v) is 7.65. The van der Waals surface area contributed by atoms with E-state index in [0.717, 1.165) is 6.54 Å². The summed E-state index contributed by atoms with van der Waals surface area (Å²) in [5.41, 5.74) is 6.56. The zero-order valence-electron chi connectivity index (χ0n) is 12.2. The van der Waals surface area contributed by atoms with Crippen molar-refractivity contribution in [3.63, 3.8) is 0 Å². The summed E-state index contributed by atoms with van der Waals surface area (Å²) in [5.74, 6) is 0. The molecule has 0 saturated carbocycles. The molecule has 0 aliphatic carbocycles. The van der Waals surface area contributed by atoms with Crippen LogP contribution in [0.3, 0.4) is 0 Å². The zero-order valence-corrected chi connectivity index (χ0v) is 12.2. The average molecular weight is 240 g/mol. The Bertz CT molecular complexity index is 189. The predicted octanol–water partition coefficient (Wildman–Crippen LogP) is 3.41. The fraction of sp³-hybridized carbons (Fsp3) is 1.00. The molecule has 1 saturated heterocycles. The Hall–Kier alpha value is -0.0800. The first-order chi connectivity index (χ1) is 8.21. The third kappa shape index (κ3) is 3.96. The minimum Gasteiger partial charge on any atom is -0.329 e. The molecule has 1 unspecified atom stereocenters. The number of hydrogen-bond donors (Lipinski definition) is 1. The number of hydrogen-bond acceptors (Lipinski definition) is 2. The van der Waals surface area contributed by atoms with Crippen LogP contribution in [0.15, 0.2) is 0 Å².